The fraction of sp³-hybridized carbons (Fsp3) is 0.667. The maximum absolute atomic E-state index is 11.9. The molecule has 0 spiro atoms. The molecule has 1 fully saturated rings. The first-order valence-electron chi connectivity index (χ1n) is 6.00. The van der Waals surface area contributed by atoms with Gasteiger partial charge in [-0.25, -0.2) is 4.98 Å². The smallest absolute Gasteiger partial charge is 0.255 e. The van der Waals surface area contributed by atoms with Crippen LogP contribution in [0.3, 0.4) is 0 Å². The van der Waals surface area contributed by atoms with Crippen molar-refractivity contribution in [2.75, 3.05) is 14.2 Å². The quantitative estimate of drug-likeness (QED) is 0.816. The van der Waals surface area contributed by atoms with Crippen LogP contribution in [-0.4, -0.2) is 24.1 Å². The van der Waals surface area contributed by atoms with E-state index in [1.54, 1.807) is 20.4 Å². The van der Waals surface area contributed by atoms with Crippen LogP contribution in [0.4, 0.5) is 0 Å². The highest BCUT2D eigenvalue weighted by molar-refractivity contribution is 5.11. The molecule has 1 aromatic heterocycles. The molecule has 5 nitrogen and oxygen atoms in total. The number of aromatic amines is 1. The summed E-state index contributed by atoms with van der Waals surface area (Å²) < 4.78 is 5.59. The molecular weight excluding hydrogens is 218 g/mol. The Balaban J connectivity index is 2.33. The molecule has 94 valence electrons. The second-order valence-corrected chi connectivity index (χ2v) is 4.52. The van der Waals surface area contributed by atoms with E-state index in [0.29, 0.717) is 17.9 Å². The normalized spacial score (nSPS) is 18.5. The minimum Gasteiger partial charge on any atom is -0.370 e. The Morgan fingerprint density at radius 3 is 2.76 bits per heavy atom. The lowest BCUT2D eigenvalue weighted by molar-refractivity contribution is -0.0165. The monoisotopic (exact) mass is 237 g/mol. The SMILES string of the molecule is CNCc1cnc(C2(OC)CCCC2)[nH]c1=O. The highest BCUT2D eigenvalue weighted by atomic mass is 16.5. The van der Waals surface area contributed by atoms with Crippen molar-refractivity contribution in [3.8, 4) is 0 Å². The van der Waals surface area contributed by atoms with Gasteiger partial charge in [0.1, 0.15) is 11.4 Å². The Labute approximate surface area is 101 Å². The van der Waals surface area contributed by atoms with Gasteiger partial charge in [-0.05, 0) is 32.7 Å². The van der Waals surface area contributed by atoms with Crippen molar-refractivity contribution in [1.82, 2.24) is 15.3 Å². The number of H-pyrrole nitrogens is 1. The van der Waals surface area contributed by atoms with Gasteiger partial charge in [0.05, 0.1) is 0 Å². The molecule has 2 N–H and O–H groups in total. The van der Waals surface area contributed by atoms with E-state index in [-0.39, 0.29) is 11.2 Å². The van der Waals surface area contributed by atoms with Crippen molar-refractivity contribution >= 4 is 0 Å². The Morgan fingerprint density at radius 1 is 1.53 bits per heavy atom. The van der Waals surface area contributed by atoms with Gasteiger partial charge in [0, 0.05) is 25.4 Å². The van der Waals surface area contributed by atoms with Gasteiger partial charge in [-0.2, -0.15) is 0 Å². The van der Waals surface area contributed by atoms with Crippen molar-refractivity contribution in [1.29, 1.82) is 0 Å². The van der Waals surface area contributed by atoms with Gasteiger partial charge < -0.3 is 15.0 Å². The van der Waals surface area contributed by atoms with Crippen molar-refractivity contribution in [2.24, 2.45) is 0 Å². The molecule has 0 radical (unpaired) electrons. The summed E-state index contributed by atoms with van der Waals surface area (Å²) >= 11 is 0. The van der Waals surface area contributed by atoms with Gasteiger partial charge in [0.25, 0.3) is 5.56 Å². The van der Waals surface area contributed by atoms with Gasteiger partial charge in [0.2, 0.25) is 0 Å². The van der Waals surface area contributed by atoms with Crippen molar-refractivity contribution < 1.29 is 4.74 Å². The van der Waals surface area contributed by atoms with Crippen molar-refractivity contribution in [2.45, 2.75) is 37.8 Å². The first kappa shape index (κ1) is 12.3. The molecular formula is C12H19N3O2. The standard InChI is InChI=1S/C12H19N3O2/c1-13-7-9-8-14-11(15-10(9)16)12(17-2)5-3-4-6-12/h8,13H,3-7H2,1-2H3,(H,14,15,16). The molecule has 1 aromatic rings. The van der Waals surface area contributed by atoms with Crippen molar-refractivity contribution in [3.05, 3.63) is 27.9 Å². The van der Waals surface area contributed by atoms with Gasteiger partial charge in [-0.3, -0.25) is 4.79 Å². The number of ether oxygens (including phenoxy) is 1. The second kappa shape index (κ2) is 4.98. The Hall–Kier alpha value is -1.20. The first-order chi connectivity index (χ1) is 8.22. The van der Waals surface area contributed by atoms with Gasteiger partial charge in [0.15, 0.2) is 0 Å². The first-order valence-corrected chi connectivity index (χ1v) is 6.00. The molecule has 0 aromatic carbocycles. The Kier molecular flexibility index (Phi) is 3.59. The average Bonchev–Trinajstić information content (AvgIpc) is 2.82. The molecule has 0 bridgehead atoms. The Bertz CT molecular complexity index is 436. The minimum absolute atomic E-state index is 0.0762. The van der Waals surface area contributed by atoms with Crippen LogP contribution in [0.5, 0.6) is 0 Å². The number of hydrogen-bond acceptors (Lipinski definition) is 4. The molecule has 0 atom stereocenters. The summed E-state index contributed by atoms with van der Waals surface area (Å²) in [4.78, 5) is 19.1. The van der Waals surface area contributed by atoms with Crippen LogP contribution < -0.4 is 10.9 Å². The summed E-state index contributed by atoms with van der Waals surface area (Å²) in [6.45, 7) is 0.530. The fourth-order valence-electron chi connectivity index (χ4n) is 2.45. The maximum Gasteiger partial charge on any atom is 0.255 e. The van der Waals surface area contributed by atoms with E-state index in [1.807, 2.05) is 0 Å². The molecule has 0 unspecified atom stereocenters. The van der Waals surface area contributed by atoms with Crippen LogP contribution in [0, 0.1) is 0 Å². The third kappa shape index (κ3) is 2.25. The van der Waals surface area contributed by atoms with E-state index < -0.39 is 0 Å². The fourth-order valence-corrected chi connectivity index (χ4v) is 2.45. The number of rotatable bonds is 4. The zero-order valence-electron chi connectivity index (χ0n) is 10.4. The van der Waals surface area contributed by atoms with Crippen LogP contribution in [-0.2, 0) is 16.9 Å². The Morgan fingerprint density at radius 2 is 2.24 bits per heavy atom. The highest BCUT2D eigenvalue weighted by Gasteiger charge is 2.38. The molecule has 2 rings (SSSR count). The van der Waals surface area contributed by atoms with Gasteiger partial charge in [-0.1, -0.05) is 0 Å². The van der Waals surface area contributed by atoms with Crippen molar-refractivity contribution in [3.63, 3.8) is 0 Å². The molecule has 1 aliphatic carbocycles. The molecule has 1 heterocycles. The predicted octanol–water partition coefficient (Wildman–Crippen LogP) is 0.905. The lowest BCUT2D eigenvalue weighted by Gasteiger charge is -2.26. The minimum atomic E-state index is -0.378. The molecule has 1 aliphatic rings. The molecule has 0 aliphatic heterocycles. The van der Waals surface area contributed by atoms with E-state index in [1.165, 1.54) is 0 Å². The highest BCUT2D eigenvalue weighted by Crippen LogP contribution is 2.39. The van der Waals surface area contributed by atoms with Crippen LogP contribution in [0.2, 0.25) is 0 Å². The van der Waals surface area contributed by atoms with Crippen LogP contribution in [0.25, 0.3) is 0 Å². The molecule has 1 saturated carbocycles. The molecule has 17 heavy (non-hydrogen) atoms. The van der Waals surface area contributed by atoms with Crippen LogP contribution >= 0.6 is 0 Å². The summed E-state index contributed by atoms with van der Waals surface area (Å²) in [6, 6.07) is 0. The van der Waals surface area contributed by atoms with E-state index in [0.717, 1.165) is 25.7 Å². The summed E-state index contributed by atoms with van der Waals surface area (Å²) in [5, 5.41) is 2.95. The maximum atomic E-state index is 11.9. The third-order valence-electron chi connectivity index (χ3n) is 3.47. The van der Waals surface area contributed by atoms with E-state index >= 15 is 0 Å². The second-order valence-electron chi connectivity index (χ2n) is 4.52. The lowest BCUT2D eigenvalue weighted by atomic mass is 10.0. The topological polar surface area (TPSA) is 67.0 Å². The average molecular weight is 237 g/mol. The van der Waals surface area contributed by atoms with Gasteiger partial charge in [-0.15, -0.1) is 0 Å². The van der Waals surface area contributed by atoms with Gasteiger partial charge >= 0.3 is 0 Å². The largest absolute Gasteiger partial charge is 0.370 e. The summed E-state index contributed by atoms with van der Waals surface area (Å²) in [5.41, 5.74) is 0.199. The van der Waals surface area contributed by atoms with E-state index in [9.17, 15) is 4.79 Å². The number of hydrogen-bond donors (Lipinski definition) is 2. The van der Waals surface area contributed by atoms with E-state index in [2.05, 4.69) is 15.3 Å². The number of methoxy groups -OCH3 is 1. The summed E-state index contributed by atoms with van der Waals surface area (Å²) in [5.74, 6) is 0.669. The number of nitrogens with zero attached hydrogens (tertiary/aromatic N) is 1. The lowest BCUT2D eigenvalue weighted by Crippen LogP contribution is -2.31. The predicted molar refractivity (Wildman–Crippen MR) is 64.8 cm³/mol. The molecule has 5 heteroatoms. The van der Waals surface area contributed by atoms with E-state index in [4.69, 9.17) is 4.74 Å². The third-order valence-corrected chi connectivity index (χ3v) is 3.47. The van der Waals surface area contributed by atoms with Crippen LogP contribution in [0.1, 0.15) is 37.1 Å². The summed E-state index contributed by atoms with van der Waals surface area (Å²) in [6.07, 6.45) is 5.74. The zero-order valence-corrected chi connectivity index (χ0v) is 10.4. The van der Waals surface area contributed by atoms with Crippen LogP contribution in [0.15, 0.2) is 11.0 Å². The zero-order chi connectivity index (χ0) is 12.3. The number of nitrogens with one attached hydrogen (secondary N) is 2. The molecule has 0 amide bonds. The summed E-state index contributed by atoms with van der Waals surface area (Å²) in [7, 11) is 3.49. The number of aromatic nitrogens is 2. The molecule has 0 saturated heterocycles.